The molecule has 1 unspecified atom stereocenters. The third-order valence-electron chi connectivity index (χ3n) is 1.52. The van der Waals surface area contributed by atoms with Gasteiger partial charge in [-0.3, -0.25) is 16.2 Å². The van der Waals surface area contributed by atoms with Crippen molar-refractivity contribution >= 4 is 26.3 Å². The number of hydrogen-bond acceptors (Lipinski definition) is 5. The zero-order valence-electron chi connectivity index (χ0n) is 7.84. The fourth-order valence-electron chi connectivity index (χ4n) is 0.880. The van der Waals surface area contributed by atoms with Crippen LogP contribution >= 0.6 is 0 Å². The maximum absolute atomic E-state index is 10.8. The molecule has 1 fully saturated rings. The van der Waals surface area contributed by atoms with Crippen LogP contribution in [-0.4, -0.2) is 32.9 Å². The van der Waals surface area contributed by atoms with Crippen LogP contribution in [0.1, 0.15) is 6.42 Å². The van der Waals surface area contributed by atoms with Crippen LogP contribution in [0.15, 0.2) is 6.08 Å². The van der Waals surface area contributed by atoms with E-state index in [9.17, 15) is 14.4 Å². The van der Waals surface area contributed by atoms with Crippen LogP contribution in [0.4, 0.5) is 0 Å². The summed E-state index contributed by atoms with van der Waals surface area (Å²) in [5.41, 5.74) is 0. The zero-order valence-corrected chi connectivity index (χ0v) is 11.5. The van der Waals surface area contributed by atoms with Crippen molar-refractivity contribution < 1.29 is 65.1 Å². The van der Waals surface area contributed by atoms with Gasteiger partial charge in [0.15, 0.2) is 5.97 Å². The van der Waals surface area contributed by atoms with Gasteiger partial charge in [0.05, 0.1) is 18.9 Å². The number of carbonyl (C=O) groups is 3. The molecule has 0 spiro atoms. The molecule has 4 radical (unpaired) electrons. The third kappa shape index (κ3) is 5.42. The summed E-state index contributed by atoms with van der Waals surface area (Å²) in [6.07, 6.45) is 0.693. The van der Waals surface area contributed by atoms with Crippen molar-refractivity contribution in [1.82, 2.24) is 0 Å². The molecule has 0 amide bonds. The summed E-state index contributed by atoms with van der Waals surface area (Å²) in [7, 11) is 0. The maximum Gasteiger partial charge on any atom is 0.320 e. The third-order valence-corrected chi connectivity index (χ3v) is 1.52. The van der Waals surface area contributed by atoms with E-state index in [-0.39, 0.29) is 62.7 Å². The second-order valence-electron chi connectivity index (χ2n) is 2.49. The Morgan fingerprint density at radius 3 is 2.60 bits per heavy atom. The molecule has 0 aromatic heterocycles. The number of carbonyl (C=O) groups excluding carboxylic acids is 3. The number of esters is 3. The Kier molecular flexibility index (Phi) is 9.15. The number of ether oxygens (including phenoxy) is 2. The summed E-state index contributed by atoms with van der Waals surface area (Å²) in [6, 6.07) is 0. The summed E-state index contributed by atoms with van der Waals surface area (Å²) < 4.78 is 8.75. The van der Waals surface area contributed by atoms with Crippen molar-refractivity contribution in [2.24, 2.45) is 5.92 Å². The first-order valence-corrected chi connectivity index (χ1v) is 3.59. The fourth-order valence-corrected chi connectivity index (χ4v) is 0.880. The Labute approximate surface area is 122 Å². The van der Waals surface area contributed by atoms with Gasteiger partial charge in [-0.25, -0.2) is 0 Å². The molecule has 1 aliphatic heterocycles. The van der Waals surface area contributed by atoms with Crippen molar-refractivity contribution in [1.29, 1.82) is 0 Å². The quantitative estimate of drug-likeness (QED) is 0.223. The van der Waals surface area contributed by atoms with Crippen LogP contribution in [0.25, 0.3) is 0 Å². The van der Waals surface area contributed by atoms with E-state index >= 15 is 0 Å². The molecule has 0 saturated carbocycles. The SMILES string of the molecule is [B].[CH-]=CC(=O)OCC1CC(=O)OC1=O.[Pr]. The monoisotopic (exact) mass is 335 g/mol. The molecule has 7 heteroatoms. The molecule has 5 nitrogen and oxygen atoms in total. The van der Waals surface area contributed by atoms with Crippen LogP contribution in [0.2, 0.25) is 0 Å². The Morgan fingerprint density at radius 1 is 1.60 bits per heavy atom. The van der Waals surface area contributed by atoms with Gasteiger partial charge in [0.2, 0.25) is 0 Å². The zero-order chi connectivity index (χ0) is 9.84. The fraction of sp³-hybridized carbons (Fsp3) is 0.375. The standard InChI is InChI=1S/C8H7O5.B.Pr/c1-2-6(9)12-4-5-3-7(10)13-8(5)11;;/h1-2,5H,3-4H2;;/q-1;;. The van der Waals surface area contributed by atoms with Gasteiger partial charge in [0.1, 0.15) is 0 Å². The number of rotatable bonds is 3. The Balaban J connectivity index is 0. The average molecular weight is 335 g/mol. The molecule has 15 heavy (non-hydrogen) atoms. The molecule has 1 atom stereocenters. The Bertz CT molecular complexity index is 278. The van der Waals surface area contributed by atoms with Gasteiger partial charge in [-0.15, -0.1) is 0 Å². The largest absolute Gasteiger partial charge is 0.546 e. The number of cyclic esters (lactones) is 2. The first-order valence-electron chi connectivity index (χ1n) is 3.59. The van der Waals surface area contributed by atoms with Crippen molar-refractivity contribution in [3.8, 4) is 0 Å². The van der Waals surface area contributed by atoms with Gasteiger partial charge >= 0.3 is 11.9 Å². The molecule has 0 aliphatic carbocycles. The molecule has 1 rings (SSSR count). The van der Waals surface area contributed by atoms with Crippen LogP contribution in [0, 0.1) is 53.8 Å². The van der Waals surface area contributed by atoms with Crippen molar-refractivity contribution in [2.75, 3.05) is 6.61 Å². The van der Waals surface area contributed by atoms with E-state index < -0.39 is 23.8 Å². The summed E-state index contributed by atoms with van der Waals surface area (Å²) >= 11 is 0. The molecular weight excluding hydrogens is 328 g/mol. The minimum atomic E-state index is -0.729. The first kappa shape index (κ1) is 17.2. The van der Waals surface area contributed by atoms with Gasteiger partial charge in [-0.05, 0) is 0 Å². The predicted molar refractivity (Wildman–Crippen MR) is 44.8 cm³/mol. The second kappa shape index (κ2) is 7.99. The first-order chi connectivity index (χ1) is 6.13. The van der Waals surface area contributed by atoms with Crippen molar-refractivity contribution in [2.45, 2.75) is 6.42 Å². The van der Waals surface area contributed by atoms with E-state index in [1.807, 2.05) is 0 Å². The summed E-state index contributed by atoms with van der Waals surface area (Å²) in [4.78, 5) is 31.9. The van der Waals surface area contributed by atoms with Crippen LogP contribution in [0.5, 0.6) is 0 Å². The smallest absolute Gasteiger partial charge is 0.320 e. The molecule has 0 N–H and O–H groups in total. The molecule has 1 heterocycles. The van der Waals surface area contributed by atoms with Crippen molar-refractivity contribution in [3.63, 3.8) is 0 Å². The molecular formula is C8H7BO5Pr-. The maximum atomic E-state index is 10.8. The van der Waals surface area contributed by atoms with Gasteiger partial charge in [0.25, 0.3) is 0 Å². The predicted octanol–water partition coefficient (Wildman–Crippen LogP) is -0.772. The van der Waals surface area contributed by atoms with E-state index in [0.717, 1.165) is 6.08 Å². The molecule has 76 valence electrons. The van der Waals surface area contributed by atoms with E-state index in [0.29, 0.717) is 0 Å². The van der Waals surface area contributed by atoms with E-state index in [1.165, 1.54) is 0 Å². The topological polar surface area (TPSA) is 69.7 Å². The molecule has 1 saturated heterocycles. The minimum absolute atomic E-state index is 0. The average Bonchev–Trinajstić information content (AvgIpc) is 2.41. The second-order valence-corrected chi connectivity index (χ2v) is 2.49. The number of hydrogen-bond donors (Lipinski definition) is 0. The van der Waals surface area contributed by atoms with E-state index in [2.05, 4.69) is 9.47 Å². The van der Waals surface area contributed by atoms with Crippen LogP contribution in [0.3, 0.4) is 0 Å². The van der Waals surface area contributed by atoms with Crippen LogP contribution < -0.4 is 0 Å². The Morgan fingerprint density at radius 2 is 2.20 bits per heavy atom. The molecule has 0 aromatic carbocycles. The Hall–Kier alpha value is -0.221. The summed E-state index contributed by atoms with van der Waals surface area (Å²) in [5, 5.41) is 0. The molecule has 1 aliphatic rings. The minimum Gasteiger partial charge on any atom is -0.546 e. The van der Waals surface area contributed by atoms with E-state index in [4.69, 9.17) is 6.58 Å². The van der Waals surface area contributed by atoms with Crippen LogP contribution in [-0.2, 0) is 23.9 Å². The van der Waals surface area contributed by atoms with Gasteiger partial charge in [-0.1, -0.05) is 0 Å². The van der Waals surface area contributed by atoms with Gasteiger partial charge < -0.3 is 14.3 Å². The van der Waals surface area contributed by atoms with E-state index in [1.54, 1.807) is 0 Å². The molecule has 0 aromatic rings. The summed E-state index contributed by atoms with van der Waals surface area (Å²) in [6.45, 7) is 4.67. The van der Waals surface area contributed by atoms with Crippen molar-refractivity contribution in [3.05, 3.63) is 12.7 Å². The van der Waals surface area contributed by atoms with Gasteiger partial charge in [0, 0.05) is 49.7 Å². The normalized spacial score (nSPS) is 18.3. The molecule has 0 bridgehead atoms. The van der Waals surface area contributed by atoms with Gasteiger partial charge in [-0.2, -0.15) is 6.08 Å². The summed E-state index contributed by atoms with van der Waals surface area (Å²) in [5.74, 6) is -2.67.